The van der Waals surface area contributed by atoms with Crippen LogP contribution in [0.4, 0.5) is 5.69 Å². The van der Waals surface area contributed by atoms with Crippen molar-refractivity contribution in [3.63, 3.8) is 0 Å². The quantitative estimate of drug-likeness (QED) is 0.588. The number of anilines is 1. The number of benzene rings is 1. The van der Waals surface area contributed by atoms with Gasteiger partial charge in [-0.25, -0.2) is 14.5 Å². The minimum Gasteiger partial charge on any atom is -0.334 e. The van der Waals surface area contributed by atoms with E-state index in [-0.39, 0.29) is 5.91 Å². The van der Waals surface area contributed by atoms with Gasteiger partial charge in [-0.2, -0.15) is 5.10 Å². The number of aryl methyl sites for hydroxylation is 2. The lowest BCUT2D eigenvalue weighted by atomic mass is 9.99. The van der Waals surface area contributed by atoms with E-state index in [4.69, 9.17) is 5.73 Å². The summed E-state index contributed by atoms with van der Waals surface area (Å²) in [6, 6.07) is 4.05. The highest BCUT2D eigenvalue weighted by atomic mass is 16.2. The monoisotopic (exact) mass is 375 g/mol. The third-order valence-corrected chi connectivity index (χ3v) is 5.39. The molecule has 0 spiro atoms. The van der Waals surface area contributed by atoms with Crippen molar-refractivity contribution in [1.29, 1.82) is 0 Å². The van der Waals surface area contributed by atoms with Crippen LogP contribution in [0.2, 0.25) is 0 Å². The van der Waals surface area contributed by atoms with E-state index in [9.17, 15) is 4.79 Å². The summed E-state index contributed by atoms with van der Waals surface area (Å²) in [5, 5.41) is 4.34. The first-order valence-corrected chi connectivity index (χ1v) is 9.44. The summed E-state index contributed by atoms with van der Waals surface area (Å²) in [7, 11) is 1.98. The van der Waals surface area contributed by atoms with Crippen LogP contribution >= 0.6 is 0 Å². The Morgan fingerprint density at radius 3 is 3.00 bits per heavy atom. The molecule has 1 aliphatic rings. The normalized spacial score (nSPS) is 14.0. The smallest absolute Gasteiger partial charge is 0.263 e. The molecule has 3 aromatic heterocycles. The summed E-state index contributed by atoms with van der Waals surface area (Å²) >= 11 is 0. The fourth-order valence-corrected chi connectivity index (χ4v) is 4.00. The molecule has 4 aromatic rings. The molecule has 2 N–H and O–H groups in total. The van der Waals surface area contributed by atoms with E-state index in [0.717, 1.165) is 47.1 Å². The van der Waals surface area contributed by atoms with E-state index in [0.29, 0.717) is 24.3 Å². The third-order valence-electron chi connectivity index (χ3n) is 5.39. The fourth-order valence-electron chi connectivity index (χ4n) is 4.00. The lowest BCUT2D eigenvalue weighted by Gasteiger charge is -2.29. The lowest BCUT2D eigenvalue weighted by Crippen LogP contribution is -2.35. The fraction of sp³-hybridized carbons (Fsp3) is 0.300. The van der Waals surface area contributed by atoms with Crippen molar-refractivity contribution < 1.29 is 4.79 Å². The number of hydrogen-bond donors (Lipinski definition) is 1. The zero-order valence-corrected chi connectivity index (χ0v) is 15.7. The predicted molar refractivity (Wildman–Crippen MR) is 106 cm³/mol. The largest absolute Gasteiger partial charge is 0.334 e. The molecule has 142 valence electrons. The summed E-state index contributed by atoms with van der Waals surface area (Å²) in [4.78, 5) is 24.2. The van der Waals surface area contributed by atoms with E-state index in [1.165, 1.54) is 0 Å². The van der Waals surface area contributed by atoms with Crippen LogP contribution in [-0.4, -0.2) is 43.1 Å². The number of nitrogens with zero attached hydrogens (tertiary/aromatic N) is 6. The van der Waals surface area contributed by atoms with E-state index in [1.54, 1.807) is 16.9 Å². The SMILES string of the molecule is Cn1cnc2c3c(ccc21)N(C(=O)c1cnn2cc(CCN)cnc12)CCC3. The molecule has 0 saturated heterocycles. The number of imidazole rings is 1. The van der Waals surface area contributed by atoms with Gasteiger partial charge in [0.25, 0.3) is 5.91 Å². The molecular weight excluding hydrogens is 354 g/mol. The Morgan fingerprint density at radius 1 is 1.25 bits per heavy atom. The number of carbonyl (C=O) groups excluding carboxylic acids is 1. The first-order chi connectivity index (χ1) is 13.7. The summed E-state index contributed by atoms with van der Waals surface area (Å²) in [6.45, 7) is 1.22. The lowest BCUT2D eigenvalue weighted by molar-refractivity contribution is 0.0986. The zero-order valence-electron chi connectivity index (χ0n) is 15.7. The van der Waals surface area contributed by atoms with Crippen molar-refractivity contribution in [2.45, 2.75) is 19.3 Å². The van der Waals surface area contributed by atoms with Crippen LogP contribution < -0.4 is 10.6 Å². The minimum atomic E-state index is -0.0784. The van der Waals surface area contributed by atoms with Crippen LogP contribution in [0.15, 0.2) is 37.1 Å². The van der Waals surface area contributed by atoms with Crippen molar-refractivity contribution in [1.82, 2.24) is 24.1 Å². The molecule has 5 rings (SSSR count). The van der Waals surface area contributed by atoms with Gasteiger partial charge in [-0.1, -0.05) is 0 Å². The van der Waals surface area contributed by atoms with Crippen molar-refractivity contribution in [2.24, 2.45) is 12.8 Å². The number of nitrogens with two attached hydrogens (primary N) is 1. The van der Waals surface area contributed by atoms with E-state index < -0.39 is 0 Å². The van der Waals surface area contributed by atoms with Gasteiger partial charge in [-0.15, -0.1) is 0 Å². The molecule has 28 heavy (non-hydrogen) atoms. The van der Waals surface area contributed by atoms with Crippen LogP contribution in [-0.2, 0) is 19.9 Å². The second kappa shape index (κ2) is 6.42. The Balaban J connectivity index is 1.57. The Morgan fingerprint density at radius 2 is 2.14 bits per heavy atom. The molecule has 0 unspecified atom stereocenters. The molecule has 0 saturated carbocycles. The topological polar surface area (TPSA) is 94.3 Å². The Kier molecular flexibility index (Phi) is 3.87. The molecule has 4 heterocycles. The minimum absolute atomic E-state index is 0.0784. The molecule has 1 aromatic carbocycles. The predicted octanol–water partition coefficient (Wildman–Crippen LogP) is 1.71. The molecule has 0 atom stereocenters. The van der Waals surface area contributed by atoms with Crippen molar-refractivity contribution in [3.05, 3.63) is 53.7 Å². The molecular formula is C20H21N7O. The Hall–Kier alpha value is -3.26. The third kappa shape index (κ3) is 2.49. The Labute approximate surface area is 161 Å². The maximum absolute atomic E-state index is 13.4. The summed E-state index contributed by atoms with van der Waals surface area (Å²) in [5.74, 6) is -0.0784. The van der Waals surface area contributed by atoms with E-state index in [1.807, 2.05) is 41.2 Å². The first kappa shape index (κ1) is 16.9. The Bertz CT molecular complexity index is 1210. The zero-order chi connectivity index (χ0) is 19.3. The van der Waals surface area contributed by atoms with Crippen molar-refractivity contribution in [3.8, 4) is 0 Å². The maximum Gasteiger partial charge on any atom is 0.263 e. The number of aromatic nitrogens is 5. The van der Waals surface area contributed by atoms with Crippen LogP contribution in [0, 0.1) is 0 Å². The standard InChI is InChI=1S/C20H21N7O/c1-25-12-23-18-14-3-2-8-26(16(14)4-5-17(18)25)20(28)15-10-24-27-11-13(6-7-21)9-22-19(15)27/h4-5,9-12H,2-3,6-8,21H2,1H3. The highest BCUT2D eigenvalue weighted by Gasteiger charge is 2.28. The van der Waals surface area contributed by atoms with Crippen LogP contribution in [0.5, 0.6) is 0 Å². The molecule has 1 amide bonds. The van der Waals surface area contributed by atoms with E-state index >= 15 is 0 Å². The number of hydrogen-bond acceptors (Lipinski definition) is 5. The van der Waals surface area contributed by atoms with Gasteiger partial charge in [0.1, 0.15) is 5.56 Å². The number of fused-ring (bicyclic) bond motifs is 4. The average molecular weight is 375 g/mol. The molecule has 1 aliphatic heterocycles. The molecule has 0 bridgehead atoms. The van der Waals surface area contributed by atoms with Crippen LogP contribution in [0.3, 0.4) is 0 Å². The summed E-state index contributed by atoms with van der Waals surface area (Å²) < 4.78 is 3.66. The maximum atomic E-state index is 13.4. The molecule has 0 fully saturated rings. The second-order valence-electron chi connectivity index (χ2n) is 7.17. The highest BCUT2D eigenvalue weighted by molar-refractivity contribution is 6.11. The van der Waals surface area contributed by atoms with Gasteiger partial charge < -0.3 is 15.2 Å². The van der Waals surface area contributed by atoms with Gasteiger partial charge in [0.05, 0.1) is 23.6 Å². The summed E-state index contributed by atoms with van der Waals surface area (Å²) in [6.07, 6.45) is 9.62. The average Bonchev–Trinajstić information content (AvgIpc) is 3.31. The molecule has 0 aliphatic carbocycles. The second-order valence-corrected chi connectivity index (χ2v) is 7.17. The number of rotatable bonds is 3. The number of amides is 1. The molecule has 8 nitrogen and oxygen atoms in total. The van der Waals surface area contributed by atoms with E-state index in [2.05, 4.69) is 15.1 Å². The van der Waals surface area contributed by atoms with Crippen LogP contribution in [0.25, 0.3) is 16.7 Å². The van der Waals surface area contributed by atoms with Gasteiger partial charge in [0.15, 0.2) is 5.65 Å². The molecule has 0 radical (unpaired) electrons. The first-order valence-electron chi connectivity index (χ1n) is 9.44. The number of carbonyl (C=O) groups is 1. The van der Waals surface area contributed by atoms with Crippen molar-refractivity contribution in [2.75, 3.05) is 18.0 Å². The van der Waals surface area contributed by atoms with Gasteiger partial charge in [-0.3, -0.25) is 4.79 Å². The van der Waals surface area contributed by atoms with Gasteiger partial charge in [-0.05, 0) is 43.5 Å². The summed E-state index contributed by atoms with van der Waals surface area (Å²) in [5.41, 5.74) is 11.8. The molecule has 8 heteroatoms. The van der Waals surface area contributed by atoms with Gasteiger partial charge in [0, 0.05) is 37.2 Å². The van der Waals surface area contributed by atoms with Gasteiger partial charge in [0.2, 0.25) is 0 Å². The van der Waals surface area contributed by atoms with Gasteiger partial charge >= 0.3 is 0 Å². The highest BCUT2D eigenvalue weighted by Crippen LogP contribution is 2.33. The van der Waals surface area contributed by atoms with Crippen LogP contribution in [0.1, 0.15) is 27.9 Å². The van der Waals surface area contributed by atoms with Crippen molar-refractivity contribution >= 4 is 28.3 Å².